The smallest absolute Gasteiger partial charge is 0.328 e. The van der Waals surface area contributed by atoms with Gasteiger partial charge in [-0.15, -0.1) is 0 Å². The Hall–Kier alpha value is -2.79. The highest BCUT2D eigenvalue weighted by Gasteiger charge is 2.24. The Bertz CT molecular complexity index is 950. The van der Waals surface area contributed by atoms with E-state index in [0.29, 0.717) is 17.1 Å². The summed E-state index contributed by atoms with van der Waals surface area (Å²) in [6, 6.07) is 15.9. The van der Waals surface area contributed by atoms with Crippen molar-refractivity contribution in [3.63, 3.8) is 0 Å². The van der Waals surface area contributed by atoms with Crippen LogP contribution in [-0.4, -0.2) is 29.6 Å². The molecule has 1 unspecified atom stereocenters. The first-order valence-corrected chi connectivity index (χ1v) is 8.55. The van der Waals surface area contributed by atoms with E-state index in [1.807, 2.05) is 42.5 Å². The SMILES string of the molecule is COC(=O)C(Cc1ccccc1)NC(=O)c1cc2c(Cl)cccc2n1C. The summed E-state index contributed by atoms with van der Waals surface area (Å²) in [6.07, 6.45) is 0.351. The third kappa shape index (κ3) is 3.58. The number of benzene rings is 2. The van der Waals surface area contributed by atoms with Gasteiger partial charge in [0.2, 0.25) is 0 Å². The molecule has 3 aromatic rings. The minimum atomic E-state index is -0.775. The number of hydrogen-bond acceptors (Lipinski definition) is 3. The first-order chi connectivity index (χ1) is 12.5. The van der Waals surface area contributed by atoms with E-state index in [1.54, 1.807) is 23.7 Å². The van der Waals surface area contributed by atoms with E-state index in [2.05, 4.69) is 5.32 Å². The number of amides is 1. The topological polar surface area (TPSA) is 60.3 Å². The number of fused-ring (bicyclic) bond motifs is 1. The Morgan fingerprint density at radius 3 is 2.54 bits per heavy atom. The number of carbonyl (C=O) groups excluding carboxylic acids is 2. The van der Waals surface area contributed by atoms with Crippen molar-refractivity contribution in [3.05, 3.63) is 70.9 Å². The summed E-state index contributed by atoms with van der Waals surface area (Å²) in [5.74, 6) is -0.843. The molecular formula is C20H19ClN2O3. The molecule has 1 N–H and O–H groups in total. The number of methoxy groups -OCH3 is 1. The average Bonchev–Trinajstić information content (AvgIpc) is 3.00. The molecule has 1 atom stereocenters. The number of nitrogens with one attached hydrogen (secondary N) is 1. The van der Waals surface area contributed by atoms with Gasteiger partial charge in [0.25, 0.3) is 5.91 Å². The molecule has 1 aromatic heterocycles. The Balaban J connectivity index is 1.87. The van der Waals surface area contributed by atoms with Crippen LogP contribution in [0.15, 0.2) is 54.6 Å². The molecule has 0 saturated carbocycles. The second-order valence-electron chi connectivity index (χ2n) is 6.00. The second-order valence-corrected chi connectivity index (χ2v) is 6.41. The maximum absolute atomic E-state index is 12.8. The first kappa shape index (κ1) is 18.0. The van der Waals surface area contributed by atoms with E-state index >= 15 is 0 Å². The van der Waals surface area contributed by atoms with Crippen LogP contribution in [0.2, 0.25) is 5.02 Å². The van der Waals surface area contributed by atoms with Crippen LogP contribution in [0.25, 0.3) is 10.9 Å². The molecule has 0 spiro atoms. The van der Waals surface area contributed by atoms with E-state index in [-0.39, 0.29) is 5.91 Å². The van der Waals surface area contributed by atoms with Crippen LogP contribution in [-0.2, 0) is 23.0 Å². The summed E-state index contributed by atoms with van der Waals surface area (Å²) in [5.41, 5.74) is 2.21. The molecule has 134 valence electrons. The van der Waals surface area contributed by atoms with E-state index in [9.17, 15) is 9.59 Å². The van der Waals surface area contributed by atoms with E-state index in [1.165, 1.54) is 7.11 Å². The fourth-order valence-corrected chi connectivity index (χ4v) is 3.18. The van der Waals surface area contributed by atoms with Crippen LogP contribution in [0, 0.1) is 0 Å². The lowest BCUT2D eigenvalue weighted by Gasteiger charge is -2.17. The summed E-state index contributed by atoms with van der Waals surface area (Å²) in [4.78, 5) is 24.9. The van der Waals surface area contributed by atoms with Gasteiger partial charge in [-0.25, -0.2) is 4.79 Å². The van der Waals surface area contributed by atoms with E-state index in [0.717, 1.165) is 16.5 Å². The number of hydrogen-bond donors (Lipinski definition) is 1. The van der Waals surface area contributed by atoms with Crippen molar-refractivity contribution in [1.29, 1.82) is 0 Å². The summed E-state index contributed by atoms with van der Waals surface area (Å²) in [7, 11) is 3.10. The Morgan fingerprint density at radius 1 is 1.15 bits per heavy atom. The number of aromatic nitrogens is 1. The minimum Gasteiger partial charge on any atom is -0.467 e. The molecule has 3 rings (SSSR count). The zero-order chi connectivity index (χ0) is 18.7. The Morgan fingerprint density at radius 2 is 1.88 bits per heavy atom. The molecule has 1 heterocycles. The Labute approximate surface area is 156 Å². The first-order valence-electron chi connectivity index (χ1n) is 8.18. The van der Waals surface area contributed by atoms with Crippen molar-refractivity contribution >= 4 is 34.4 Å². The summed E-state index contributed by atoms with van der Waals surface area (Å²) in [5, 5.41) is 4.14. The molecule has 0 bridgehead atoms. The third-order valence-electron chi connectivity index (χ3n) is 4.34. The van der Waals surface area contributed by atoms with Crippen LogP contribution in [0.3, 0.4) is 0 Å². The van der Waals surface area contributed by atoms with Gasteiger partial charge in [-0.05, 0) is 23.8 Å². The van der Waals surface area contributed by atoms with Gasteiger partial charge in [-0.2, -0.15) is 0 Å². The number of rotatable bonds is 5. The number of nitrogens with zero attached hydrogens (tertiary/aromatic N) is 1. The molecule has 1 amide bonds. The van der Waals surface area contributed by atoms with E-state index in [4.69, 9.17) is 16.3 Å². The van der Waals surface area contributed by atoms with Gasteiger partial charge in [-0.3, -0.25) is 4.79 Å². The van der Waals surface area contributed by atoms with Crippen molar-refractivity contribution in [2.75, 3.05) is 7.11 Å². The zero-order valence-electron chi connectivity index (χ0n) is 14.5. The summed E-state index contributed by atoms with van der Waals surface area (Å²) < 4.78 is 6.61. The molecule has 0 saturated heterocycles. The number of ether oxygens (including phenoxy) is 1. The summed E-state index contributed by atoms with van der Waals surface area (Å²) >= 11 is 6.21. The van der Waals surface area contributed by atoms with Crippen LogP contribution in [0.5, 0.6) is 0 Å². The van der Waals surface area contributed by atoms with Crippen molar-refractivity contribution in [2.24, 2.45) is 7.05 Å². The predicted octanol–water partition coefficient (Wildman–Crippen LogP) is 3.35. The standard InChI is InChI=1S/C20H19ClN2O3/c1-23-17-10-6-9-15(21)14(17)12-18(23)19(24)22-16(20(25)26-2)11-13-7-4-3-5-8-13/h3-10,12,16H,11H2,1-2H3,(H,22,24). The van der Waals surface area contributed by atoms with Gasteiger partial charge in [-0.1, -0.05) is 48.0 Å². The maximum Gasteiger partial charge on any atom is 0.328 e. The van der Waals surface area contributed by atoms with Crippen molar-refractivity contribution in [2.45, 2.75) is 12.5 Å². The second kappa shape index (κ2) is 7.62. The fourth-order valence-electron chi connectivity index (χ4n) is 2.96. The Kier molecular flexibility index (Phi) is 5.28. The molecule has 0 fully saturated rings. The highest BCUT2D eigenvalue weighted by atomic mass is 35.5. The average molecular weight is 371 g/mol. The highest BCUT2D eigenvalue weighted by Crippen LogP contribution is 2.26. The number of halogens is 1. The normalized spacial score (nSPS) is 12.0. The largest absolute Gasteiger partial charge is 0.467 e. The minimum absolute atomic E-state index is 0.351. The van der Waals surface area contributed by atoms with Crippen molar-refractivity contribution in [3.8, 4) is 0 Å². The van der Waals surface area contributed by atoms with Gasteiger partial charge in [0.1, 0.15) is 11.7 Å². The predicted molar refractivity (Wildman–Crippen MR) is 101 cm³/mol. The van der Waals surface area contributed by atoms with E-state index < -0.39 is 12.0 Å². The molecule has 5 nitrogen and oxygen atoms in total. The number of aryl methyl sites for hydroxylation is 1. The number of esters is 1. The molecule has 6 heteroatoms. The van der Waals surface area contributed by atoms with Gasteiger partial charge in [0.15, 0.2) is 0 Å². The lowest BCUT2D eigenvalue weighted by atomic mass is 10.1. The maximum atomic E-state index is 12.8. The molecule has 0 aliphatic rings. The van der Waals surface area contributed by atoms with Crippen molar-refractivity contribution in [1.82, 2.24) is 9.88 Å². The molecule has 0 radical (unpaired) electrons. The van der Waals surface area contributed by atoms with Crippen LogP contribution < -0.4 is 5.32 Å². The van der Waals surface area contributed by atoms with Gasteiger partial charge in [0, 0.05) is 29.4 Å². The molecule has 26 heavy (non-hydrogen) atoms. The van der Waals surface area contributed by atoms with Crippen LogP contribution in [0.1, 0.15) is 16.1 Å². The monoisotopic (exact) mass is 370 g/mol. The summed E-state index contributed by atoms with van der Waals surface area (Å²) in [6.45, 7) is 0. The zero-order valence-corrected chi connectivity index (χ0v) is 15.3. The number of carbonyl (C=O) groups is 2. The van der Waals surface area contributed by atoms with Gasteiger partial charge < -0.3 is 14.6 Å². The van der Waals surface area contributed by atoms with Crippen molar-refractivity contribution < 1.29 is 14.3 Å². The molecule has 0 aliphatic carbocycles. The molecular weight excluding hydrogens is 352 g/mol. The van der Waals surface area contributed by atoms with Gasteiger partial charge >= 0.3 is 5.97 Å². The van der Waals surface area contributed by atoms with Crippen LogP contribution >= 0.6 is 11.6 Å². The molecule has 0 aliphatic heterocycles. The third-order valence-corrected chi connectivity index (χ3v) is 4.67. The quantitative estimate of drug-likeness (QED) is 0.701. The molecule has 2 aromatic carbocycles. The van der Waals surface area contributed by atoms with Crippen LogP contribution in [0.4, 0.5) is 0 Å². The fraction of sp³-hybridized carbons (Fsp3) is 0.200. The van der Waals surface area contributed by atoms with Gasteiger partial charge in [0.05, 0.1) is 7.11 Å². The lowest BCUT2D eigenvalue weighted by Crippen LogP contribution is -2.43. The highest BCUT2D eigenvalue weighted by molar-refractivity contribution is 6.35. The lowest BCUT2D eigenvalue weighted by molar-refractivity contribution is -0.142.